The van der Waals surface area contributed by atoms with Gasteiger partial charge in [-0.25, -0.2) is 0 Å². The molecule has 1 unspecified atom stereocenters. The molecule has 5 heteroatoms. The molecular weight excluding hydrogens is 228 g/mol. The van der Waals surface area contributed by atoms with Crippen LogP contribution in [0.3, 0.4) is 0 Å². The van der Waals surface area contributed by atoms with E-state index in [2.05, 4.69) is 5.32 Å². The molecule has 1 atom stereocenters. The number of hydrogen-bond acceptors (Lipinski definition) is 3. The zero-order chi connectivity index (χ0) is 11.3. The molecule has 0 saturated heterocycles. The number of halogens is 1. The third-order valence-electron chi connectivity index (χ3n) is 2.04. The Kier molecular flexibility index (Phi) is 6.53. The monoisotopic (exact) mass is 244 g/mol. The number of carbonyl (C=O) groups excluding carboxylic acids is 1. The van der Waals surface area contributed by atoms with Crippen molar-refractivity contribution in [1.29, 1.82) is 0 Å². The van der Waals surface area contributed by atoms with E-state index in [1.54, 1.807) is 25.1 Å². The SMILES string of the molecule is CC(N)C(=O)NCCc1cccc(O)c1.Cl. The molecule has 0 aliphatic carbocycles. The van der Waals surface area contributed by atoms with E-state index in [0.29, 0.717) is 13.0 Å². The van der Waals surface area contributed by atoms with Gasteiger partial charge in [-0.05, 0) is 31.0 Å². The first-order valence-corrected chi connectivity index (χ1v) is 4.91. The van der Waals surface area contributed by atoms with Crippen molar-refractivity contribution in [2.24, 2.45) is 5.73 Å². The van der Waals surface area contributed by atoms with E-state index in [0.717, 1.165) is 5.56 Å². The van der Waals surface area contributed by atoms with Crippen LogP contribution in [0.15, 0.2) is 24.3 Å². The predicted octanol–water partition coefficient (Wildman–Crippen LogP) is 0.820. The van der Waals surface area contributed by atoms with Gasteiger partial charge in [0, 0.05) is 6.54 Å². The van der Waals surface area contributed by atoms with Crippen molar-refractivity contribution in [2.75, 3.05) is 6.54 Å². The second-order valence-electron chi connectivity index (χ2n) is 3.50. The van der Waals surface area contributed by atoms with Crippen molar-refractivity contribution in [1.82, 2.24) is 5.32 Å². The molecule has 0 aliphatic rings. The van der Waals surface area contributed by atoms with Crippen LogP contribution in [0.1, 0.15) is 12.5 Å². The third-order valence-corrected chi connectivity index (χ3v) is 2.04. The molecule has 0 aliphatic heterocycles. The molecule has 0 fully saturated rings. The van der Waals surface area contributed by atoms with Gasteiger partial charge in [0.1, 0.15) is 5.75 Å². The van der Waals surface area contributed by atoms with Gasteiger partial charge in [-0.2, -0.15) is 0 Å². The summed E-state index contributed by atoms with van der Waals surface area (Å²) in [7, 11) is 0. The maximum Gasteiger partial charge on any atom is 0.236 e. The van der Waals surface area contributed by atoms with Crippen molar-refractivity contribution >= 4 is 18.3 Å². The topological polar surface area (TPSA) is 75.4 Å². The Morgan fingerprint density at radius 1 is 1.56 bits per heavy atom. The molecule has 0 heterocycles. The number of phenolic OH excluding ortho intramolecular Hbond substituents is 1. The summed E-state index contributed by atoms with van der Waals surface area (Å²) in [5, 5.41) is 11.9. The molecule has 0 bridgehead atoms. The Bertz CT molecular complexity index is 343. The summed E-state index contributed by atoms with van der Waals surface area (Å²) in [4.78, 5) is 11.1. The molecule has 0 saturated carbocycles. The van der Waals surface area contributed by atoms with Gasteiger partial charge in [-0.1, -0.05) is 12.1 Å². The molecule has 0 aromatic heterocycles. The van der Waals surface area contributed by atoms with Gasteiger partial charge in [0.15, 0.2) is 0 Å². The number of hydrogen-bond donors (Lipinski definition) is 3. The molecule has 1 amide bonds. The Labute approximate surface area is 101 Å². The molecule has 4 N–H and O–H groups in total. The number of nitrogens with two attached hydrogens (primary N) is 1. The molecule has 1 rings (SSSR count). The lowest BCUT2D eigenvalue weighted by atomic mass is 10.1. The number of nitrogens with one attached hydrogen (secondary N) is 1. The quantitative estimate of drug-likeness (QED) is 0.734. The minimum Gasteiger partial charge on any atom is -0.508 e. The molecule has 90 valence electrons. The van der Waals surface area contributed by atoms with Gasteiger partial charge < -0.3 is 16.2 Å². The smallest absolute Gasteiger partial charge is 0.236 e. The number of phenols is 1. The number of aromatic hydroxyl groups is 1. The lowest BCUT2D eigenvalue weighted by Crippen LogP contribution is -2.39. The van der Waals surface area contributed by atoms with E-state index in [1.807, 2.05) is 6.07 Å². The van der Waals surface area contributed by atoms with Crippen molar-refractivity contribution in [3.8, 4) is 5.75 Å². The van der Waals surface area contributed by atoms with Gasteiger partial charge in [0.2, 0.25) is 5.91 Å². The fourth-order valence-electron chi connectivity index (χ4n) is 1.20. The summed E-state index contributed by atoms with van der Waals surface area (Å²) in [6.07, 6.45) is 0.687. The largest absolute Gasteiger partial charge is 0.508 e. The van der Waals surface area contributed by atoms with E-state index in [9.17, 15) is 9.90 Å². The van der Waals surface area contributed by atoms with Gasteiger partial charge >= 0.3 is 0 Å². The first kappa shape index (κ1) is 14.7. The summed E-state index contributed by atoms with van der Waals surface area (Å²) >= 11 is 0. The van der Waals surface area contributed by atoms with Crippen LogP contribution in [-0.2, 0) is 11.2 Å². The standard InChI is InChI=1S/C11H16N2O2.ClH/c1-8(12)11(15)13-6-5-9-3-2-4-10(14)7-9;/h2-4,7-8,14H,5-6,12H2,1H3,(H,13,15);1H. The van der Waals surface area contributed by atoms with E-state index in [4.69, 9.17) is 5.73 Å². The minimum atomic E-state index is -0.478. The highest BCUT2D eigenvalue weighted by molar-refractivity contribution is 5.85. The van der Waals surface area contributed by atoms with E-state index < -0.39 is 6.04 Å². The van der Waals surface area contributed by atoms with Crippen molar-refractivity contribution in [2.45, 2.75) is 19.4 Å². The number of benzene rings is 1. The van der Waals surface area contributed by atoms with Gasteiger partial charge in [0.25, 0.3) is 0 Å². The number of amides is 1. The zero-order valence-corrected chi connectivity index (χ0v) is 9.96. The Morgan fingerprint density at radius 2 is 2.25 bits per heavy atom. The third kappa shape index (κ3) is 5.00. The van der Waals surface area contributed by atoms with Gasteiger partial charge in [-0.3, -0.25) is 4.79 Å². The number of rotatable bonds is 4. The Morgan fingerprint density at radius 3 is 2.81 bits per heavy atom. The fourth-order valence-corrected chi connectivity index (χ4v) is 1.20. The van der Waals surface area contributed by atoms with Crippen LogP contribution in [0.5, 0.6) is 5.75 Å². The summed E-state index contributed by atoms with van der Waals surface area (Å²) in [5.41, 5.74) is 6.37. The zero-order valence-electron chi connectivity index (χ0n) is 9.14. The number of carbonyl (C=O) groups is 1. The first-order valence-electron chi connectivity index (χ1n) is 4.91. The van der Waals surface area contributed by atoms with Crippen LogP contribution in [0.25, 0.3) is 0 Å². The molecule has 1 aromatic rings. The second kappa shape index (κ2) is 7.09. The maximum atomic E-state index is 11.1. The van der Waals surface area contributed by atoms with Crippen LogP contribution in [-0.4, -0.2) is 23.6 Å². The minimum absolute atomic E-state index is 0. The molecule has 4 nitrogen and oxygen atoms in total. The molecular formula is C11H17ClN2O2. The average Bonchev–Trinajstić information content (AvgIpc) is 2.17. The lowest BCUT2D eigenvalue weighted by molar-refractivity contribution is -0.121. The lowest BCUT2D eigenvalue weighted by Gasteiger charge is -2.07. The van der Waals surface area contributed by atoms with Crippen LogP contribution < -0.4 is 11.1 Å². The van der Waals surface area contributed by atoms with Crippen LogP contribution in [0, 0.1) is 0 Å². The van der Waals surface area contributed by atoms with Crippen molar-refractivity contribution in [3.63, 3.8) is 0 Å². The normalized spacial score (nSPS) is 11.4. The van der Waals surface area contributed by atoms with E-state index >= 15 is 0 Å². The average molecular weight is 245 g/mol. The maximum absolute atomic E-state index is 11.1. The second-order valence-corrected chi connectivity index (χ2v) is 3.50. The summed E-state index contributed by atoms with van der Waals surface area (Å²) < 4.78 is 0. The molecule has 1 aromatic carbocycles. The van der Waals surface area contributed by atoms with E-state index in [-0.39, 0.29) is 24.1 Å². The Hall–Kier alpha value is -1.26. The van der Waals surface area contributed by atoms with Crippen LogP contribution >= 0.6 is 12.4 Å². The molecule has 0 radical (unpaired) electrons. The van der Waals surface area contributed by atoms with Gasteiger partial charge in [-0.15, -0.1) is 12.4 Å². The highest BCUT2D eigenvalue weighted by Gasteiger charge is 2.05. The predicted molar refractivity (Wildman–Crippen MR) is 65.7 cm³/mol. The fraction of sp³-hybridized carbons (Fsp3) is 0.364. The Balaban J connectivity index is 0.00000225. The highest BCUT2D eigenvalue weighted by Crippen LogP contribution is 2.10. The van der Waals surface area contributed by atoms with Crippen molar-refractivity contribution < 1.29 is 9.90 Å². The van der Waals surface area contributed by atoms with E-state index in [1.165, 1.54) is 0 Å². The first-order chi connectivity index (χ1) is 7.09. The summed E-state index contributed by atoms with van der Waals surface area (Å²) in [5.74, 6) is 0.0844. The van der Waals surface area contributed by atoms with Crippen LogP contribution in [0.4, 0.5) is 0 Å². The molecule has 16 heavy (non-hydrogen) atoms. The van der Waals surface area contributed by atoms with Crippen LogP contribution in [0.2, 0.25) is 0 Å². The summed E-state index contributed by atoms with van der Waals surface area (Å²) in [6, 6.07) is 6.49. The summed E-state index contributed by atoms with van der Waals surface area (Å²) in [6.45, 7) is 2.17. The molecule has 0 spiro atoms. The van der Waals surface area contributed by atoms with Crippen molar-refractivity contribution in [3.05, 3.63) is 29.8 Å². The van der Waals surface area contributed by atoms with Gasteiger partial charge in [0.05, 0.1) is 6.04 Å². The highest BCUT2D eigenvalue weighted by atomic mass is 35.5.